The highest BCUT2D eigenvalue weighted by atomic mass is 35.5. The van der Waals surface area contributed by atoms with E-state index in [-0.39, 0.29) is 24.3 Å². The lowest BCUT2D eigenvalue weighted by atomic mass is 9.82. The molecule has 10 heteroatoms. The maximum absolute atomic E-state index is 13.8. The number of carbonyl (C=O) groups is 2. The van der Waals surface area contributed by atoms with Crippen LogP contribution >= 0.6 is 11.6 Å². The van der Waals surface area contributed by atoms with Crippen LogP contribution in [0.1, 0.15) is 18.1 Å². The Morgan fingerprint density at radius 3 is 2.28 bits per heavy atom. The normalized spacial score (nSPS) is 22.2. The van der Waals surface area contributed by atoms with Crippen molar-refractivity contribution in [2.75, 3.05) is 55.6 Å². The summed E-state index contributed by atoms with van der Waals surface area (Å²) >= 11 is 6.46. The third-order valence-electron chi connectivity index (χ3n) is 7.59. The fourth-order valence-electron chi connectivity index (χ4n) is 5.69. The molecule has 3 heterocycles. The number of benzene rings is 2. The van der Waals surface area contributed by atoms with Crippen LogP contribution in [-0.4, -0.2) is 73.5 Å². The van der Waals surface area contributed by atoms with Crippen molar-refractivity contribution >= 4 is 34.8 Å². The molecule has 6 nitrogen and oxygen atoms in total. The third-order valence-corrected chi connectivity index (χ3v) is 7.91. The average molecular weight is 521 g/mol. The van der Waals surface area contributed by atoms with Gasteiger partial charge in [-0.05, 0) is 42.3 Å². The Bertz CT molecular complexity index is 1170. The topological polar surface area (TPSA) is 47.1 Å². The lowest BCUT2D eigenvalue weighted by molar-refractivity contribution is -0.142. The first kappa shape index (κ1) is 24.7. The van der Waals surface area contributed by atoms with Crippen molar-refractivity contribution in [3.8, 4) is 0 Å². The second-order valence-electron chi connectivity index (χ2n) is 9.64. The number of hydrogen-bond acceptors (Lipinski definition) is 4. The number of amides is 2. The van der Waals surface area contributed by atoms with Crippen molar-refractivity contribution in [3.05, 3.63) is 58.6 Å². The van der Waals surface area contributed by atoms with Crippen LogP contribution in [0.25, 0.3) is 0 Å². The van der Waals surface area contributed by atoms with E-state index in [0.29, 0.717) is 56.4 Å². The average Bonchev–Trinajstić information content (AvgIpc) is 2.87. The Labute approximate surface area is 213 Å². The minimum absolute atomic E-state index is 0.0257. The van der Waals surface area contributed by atoms with Gasteiger partial charge in [0.05, 0.1) is 28.2 Å². The second kappa shape index (κ2) is 9.50. The van der Waals surface area contributed by atoms with E-state index in [1.54, 1.807) is 15.9 Å². The van der Waals surface area contributed by atoms with Crippen LogP contribution in [-0.2, 0) is 22.2 Å². The number of piperazine rings is 2. The molecule has 2 fully saturated rings. The summed E-state index contributed by atoms with van der Waals surface area (Å²) < 4.78 is 40.4. The van der Waals surface area contributed by atoms with Gasteiger partial charge in [0, 0.05) is 58.4 Å². The number of anilines is 2. The summed E-state index contributed by atoms with van der Waals surface area (Å²) in [5.41, 5.74) is 1.50. The summed E-state index contributed by atoms with van der Waals surface area (Å²) in [4.78, 5) is 33.3. The van der Waals surface area contributed by atoms with Crippen molar-refractivity contribution in [1.82, 2.24) is 9.80 Å². The smallest absolute Gasteiger partial charge is 0.366 e. The molecule has 192 valence electrons. The highest BCUT2D eigenvalue weighted by molar-refractivity contribution is 6.33. The van der Waals surface area contributed by atoms with Gasteiger partial charge in [0.25, 0.3) is 0 Å². The standard InChI is InChI=1S/C26H28ClF3N4O2/c1-17(35)31-8-10-32(11-9-31)25(36)20-15-18-14-19(26(28,29)30)6-7-22(18)34-13-12-33(16-24(20)34)23-5-3-2-4-21(23)27/h2-7,14,20,24H,8-13,15-16H2,1H3. The molecular weight excluding hydrogens is 493 g/mol. The minimum atomic E-state index is -4.45. The fraction of sp³-hybridized carbons (Fsp3) is 0.462. The zero-order valence-electron chi connectivity index (χ0n) is 20.0. The summed E-state index contributed by atoms with van der Waals surface area (Å²) in [5.74, 6) is -0.602. The molecule has 0 saturated carbocycles. The van der Waals surface area contributed by atoms with E-state index in [1.165, 1.54) is 13.0 Å². The van der Waals surface area contributed by atoms with Gasteiger partial charge in [-0.15, -0.1) is 0 Å². The number of para-hydroxylation sites is 1. The summed E-state index contributed by atoms with van der Waals surface area (Å²) in [6, 6.07) is 11.2. The molecule has 0 radical (unpaired) electrons. The molecule has 0 spiro atoms. The highest BCUT2D eigenvalue weighted by Gasteiger charge is 2.44. The van der Waals surface area contributed by atoms with Crippen molar-refractivity contribution in [2.24, 2.45) is 5.92 Å². The maximum atomic E-state index is 13.8. The molecule has 5 rings (SSSR count). The van der Waals surface area contributed by atoms with Gasteiger partial charge in [-0.2, -0.15) is 13.2 Å². The molecule has 0 bridgehead atoms. The van der Waals surface area contributed by atoms with Crippen LogP contribution in [0.5, 0.6) is 0 Å². The first-order valence-electron chi connectivity index (χ1n) is 12.1. The molecule has 3 aliphatic rings. The van der Waals surface area contributed by atoms with E-state index in [9.17, 15) is 22.8 Å². The van der Waals surface area contributed by atoms with Crippen molar-refractivity contribution in [2.45, 2.75) is 25.6 Å². The molecule has 0 aromatic heterocycles. The molecule has 36 heavy (non-hydrogen) atoms. The van der Waals surface area contributed by atoms with E-state index in [0.717, 1.165) is 17.4 Å². The number of halogens is 4. The molecule has 2 aromatic carbocycles. The van der Waals surface area contributed by atoms with Gasteiger partial charge in [0.15, 0.2) is 0 Å². The zero-order valence-corrected chi connectivity index (χ0v) is 20.7. The second-order valence-corrected chi connectivity index (χ2v) is 10.0. The molecule has 0 N–H and O–H groups in total. The van der Waals surface area contributed by atoms with Gasteiger partial charge in [0.1, 0.15) is 0 Å². The van der Waals surface area contributed by atoms with E-state index in [1.807, 2.05) is 24.3 Å². The highest BCUT2D eigenvalue weighted by Crippen LogP contribution is 2.41. The quantitative estimate of drug-likeness (QED) is 0.602. The molecular formula is C26H28ClF3N4O2. The van der Waals surface area contributed by atoms with E-state index >= 15 is 0 Å². The van der Waals surface area contributed by atoms with Gasteiger partial charge < -0.3 is 19.6 Å². The first-order chi connectivity index (χ1) is 17.1. The Balaban J connectivity index is 1.46. The van der Waals surface area contributed by atoms with Gasteiger partial charge in [-0.1, -0.05) is 23.7 Å². The molecule has 2 unspecified atom stereocenters. The Kier molecular flexibility index (Phi) is 6.53. The number of rotatable bonds is 2. The number of fused-ring (bicyclic) bond motifs is 3. The summed E-state index contributed by atoms with van der Waals surface area (Å²) in [5, 5.41) is 0.625. The number of hydrogen-bond donors (Lipinski definition) is 0. The molecule has 2 aromatic rings. The predicted molar refractivity (Wildman–Crippen MR) is 132 cm³/mol. The monoisotopic (exact) mass is 520 g/mol. The number of carbonyl (C=O) groups excluding carboxylic acids is 2. The lowest BCUT2D eigenvalue weighted by Crippen LogP contribution is -2.62. The van der Waals surface area contributed by atoms with Crippen LogP contribution in [0.15, 0.2) is 42.5 Å². The Hall–Kier alpha value is -2.94. The molecule has 3 aliphatic heterocycles. The van der Waals surface area contributed by atoms with Crippen LogP contribution < -0.4 is 9.80 Å². The minimum Gasteiger partial charge on any atom is -0.366 e. The summed E-state index contributed by atoms with van der Waals surface area (Å²) in [6.07, 6.45) is -4.21. The third kappa shape index (κ3) is 4.61. The largest absolute Gasteiger partial charge is 0.416 e. The Morgan fingerprint density at radius 2 is 1.61 bits per heavy atom. The van der Waals surface area contributed by atoms with Crippen molar-refractivity contribution in [1.29, 1.82) is 0 Å². The molecule has 0 aliphatic carbocycles. The summed E-state index contributed by atoms with van der Waals surface area (Å²) in [6.45, 7) is 5.02. The van der Waals surface area contributed by atoms with Crippen LogP contribution in [0, 0.1) is 5.92 Å². The SMILES string of the molecule is CC(=O)N1CCN(C(=O)C2Cc3cc(C(F)(F)F)ccc3N3CCN(c4ccccc4Cl)CC23)CC1. The Morgan fingerprint density at radius 1 is 0.917 bits per heavy atom. The van der Waals surface area contributed by atoms with Gasteiger partial charge in [0.2, 0.25) is 11.8 Å². The van der Waals surface area contributed by atoms with E-state index in [4.69, 9.17) is 11.6 Å². The van der Waals surface area contributed by atoms with E-state index < -0.39 is 17.7 Å². The zero-order chi connectivity index (χ0) is 25.6. The van der Waals surface area contributed by atoms with Crippen LogP contribution in [0.2, 0.25) is 5.02 Å². The molecule has 2 saturated heterocycles. The van der Waals surface area contributed by atoms with Crippen molar-refractivity contribution < 1.29 is 22.8 Å². The fourth-order valence-corrected chi connectivity index (χ4v) is 5.94. The van der Waals surface area contributed by atoms with Crippen LogP contribution in [0.4, 0.5) is 24.5 Å². The van der Waals surface area contributed by atoms with Gasteiger partial charge in [-0.3, -0.25) is 9.59 Å². The maximum Gasteiger partial charge on any atom is 0.416 e. The number of alkyl halides is 3. The van der Waals surface area contributed by atoms with Gasteiger partial charge >= 0.3 is 6.18 Å². The van der Waals surface area contributed by atoms with E-state index in [2.05, 4.69) is 9.80 Å². The lowest BCUT2D eigenvalue weighted by Gasteiger charge is -2.51. The molecule has 2 amide bonds. The van der Waals surface area contributed by atoms with Gasteiger partial charge in [-0.25, -0.2) is 0 Å². The summed E-state index contributed by atoms with van der Waals surface area (Å²) in [7, 11) is 0. The molecule has 2 atom stereocenters. The van der Waals surface area contributed by atoms with Crippen molar-refractivity contribution in [3.63, 3.8) is 0 Å². The predicted octanol–water partition coefficient (Wildman–Crippen LogP) is 3.92. The first-order valence-corrected chi connectivity index (χ1v) is 12.5. The number of nitrogens with zero attached hydrogens (tertiary/aromatic N) is 4. The van der Waals surface area contributed by atoms with Crippen LogP contribution in [0.3, 0.4) is 0 Å².